The summed E-state index contributed by atoms with van der Waals surface area (Å²) in [4.78, 5) is 5.28. The molecule has 1 aliphatic rings. The van der Waals surface area contributed by atoms with Gasteiger partial charge in [0.25, 0.3) is 0 Å². The number of nitrogens with two attached hydrogens (primary N) is 1. The van der Waals surface area contributed by atoms with Gasteiger partial charge in [0.15, 0.2) is 16.5 Å². The van der Waals surface area contributed by atoms with E-state index in [0.717, 1.165) is 22.7 Å². The van der Waals surface area contributed by atoms with Crippen LogP contribution in [0.15, 0.2) is 15.6 Å². The number of hydrogen-bond donors (Lipinski definition) is 2. The van der Waals surface area contributed by atoms with Crippen molar-refractivity contribution in [2.24, 2.45) is 5.92 Å². The number of hydrogen-bond acceptors (Lipinski definition) is 7. The van der Waals surface area contributed by atoms with E-state index in [1.165, 1.54) is 18.3 Å². The van der Waals surface area contributed by atoms with Crippen LogP contribution in [0.25, 0.3) is 0 Å². The van der Waals surface area contributed by atoms with Crippen molar-refractivity contribution < 1.29 is 12.9 Å². The lowest BCUT2D eigenvalue weighted by Crippen LogP contribution is -2.30. The fourth-order valence-corrected chi connectivity index (χ4v) is 4.71. The molecule has 1 aliphatic carbocycles. The Hall–Kier alpha value is -1.45. The topological polar surface area (TPSA) is 111 Å². The third kappa shape index (κ3) is 2.81. The van der Waals surface area contributed by atoms with Gasteiger partial charge in [-0.2, -0.15) is 0 Å². The third-order valence-electron chi connectivity index (χ3n) is 3.38. The number of thiazole rings is 1. The number of nitrogens with one attached hydrogen (secondary N) is 1. The maximum absolute atomic E-state index is 12.5. The number of anilines is 1. The van der Waals surface area contributed by atoms with Gasteiger partial charge in [-0.15, -0.1) is 11.3 Å². The molecule has 21 heavy (non-hydrogen) atoms. The SMILES string of the molecule is Cc1cnc(C(NS(=O)(=O)c2c(N)noc2C)C2CC2)s1. The van der Waals surface area contributed by atoms with E-state index in [1.54, 1.807) is 6.20 Å². The van der Waals surface area contributed by atoms with E-state index in [0.29, 0.717) is 0 Å². The van der Waals surface area contributed by atoms with E-state index in [4.69, 9.17) is 10.3 Å². The molecule has 114 valence electrons. The van der Waals surface area contributed by atoms with Crippen LogP contribution in [0.3, 0.4) is 0 Å². The van der Waals surface area contributed by atoms with E-state index >= 15 is 0 Å². The van der Waals surface area contributed by atoms with Gasteiger partial charge in [0.05, 0.1) is 6.04 Å². The summed E-state index contributed by atoms with van der Waals surface area (Å²) in [5, 5.41) is 4.28. The molecule has 0 aliphatic heterocycles. The van der Waals surface area contributed by atoms with Gasteiger partial charge in [-0.1, -0.05) is 5.16 Å². The molecule has 0 aromatic carbocycles. The summed E-state index contributed by atoms with van der Waals surface area (Å²) in [5.74, 6) is 0.349. The van der Waals surface area contributed by atoms with Crippen molar-refractivity contribution in [2.45, 2.75) is 37.6 Å². The van der Waals surface area contributed by atoms with Crippen LogP contribution in [0, 0.1) is 19.8 Å². The van der Waals surface area contributed by atoms with Crippen LogP contribution >= 0.6 is 11.3 Å². The number of rotatable bonds is 5. The molecule has 0 radical (unpaired) electrons. The highest BCUT2D eigenvalue weighted by Crippen LogP contribution is 2.43. The van der Waals surface area contributed by atoms with Crippen LogP contribution in [-0.4, -0.2) is 18.6 Å². The Labute approximate surface area is 126 Å². The van der Waals surface area contributed by atoms with Gasteiger partial charge in [0.1, 0.15) is 5.01 Å². The van der Waals surface area contributed by atoms with Crippen molar-refractivity contribution in [1.29, 1.82) is 0 Å². The summed E-state index contributed by atoms with van der Waals surface area (Å²) in [6.07, 6.45) is 3.73. The molecule has 1 fully saturated rings. The van der Waals surface area contributed by atoms with E-state index in [9.17, 15) is 8.42 Å². The van der Waals surface area contributed by atoms with Crippen molar-refractivity contribution in [1.82, 2.24) is 14.9 Å². The van der Waals surface area contributed by atoms with Crippen LogP contribution in [-0.2, 0) is 10.0 Å². The zero-order valence-corrected chi connectivity index (χ0v) is 13.3. The number of nitrogen functional groups attached to an aromatic ring is 1. The van der Waals surface area contributed by atoms with Gasteiger partial charge in [-0.3, -0.25) is 0 Å². The van der Waals surface area contributed by atoms with Crippen LogP contribution in [0.1, 0.15) is 34.5 Å². The van der Waals surface area contributed by atoms with Crippen molar-refractivity contribution in [3.8, 4) is 0 Å². The molecule has 1 atom stereocenters. The molecule has 2 aromatic heterocycles. The molecule has 2 heterocycles. The van der Waals surface area contributed by atoms with Gasteiger partial charge in [0.2, 0.25) is 10.0 Å². The summed E-state index contributed by atoms with van der Waals surface area (Å²) in [6, 6.07) is -0.317. The van der Waals surface area contributed by atoms with E-state index in [1.807, 2.05) is 6.92 Å². The highest BCUT2D eigenvalue weighted by atomic mass is 32.2. The normalized spacial score (nSPS) is 17.0. The highest BCUT2D eigenvalue weighted by Gasteiger charge is 2.38. The fraction of sp³-hybridized carbons (Fsp3) is 0.500. The van der Waals surface area contributed by atoms with E-state index in [-0.39, 0.29) is 28.4 Å². The predicted octanol–water partition coefficient (Wildman–Crippen LogP) is 1.76. The molecule has 0 spiro atoms. The maximum atomic E-state index is 12.5. The van der Waals surface area contributed by atoms with Crippen LogP contribution in [0.2, 0.25) is 0 Å². The molecule has 3 N–H and O–H groups in total. The molecule has 7 nitrogen and oxygen atoms in total. The molecule has 9 heteroatoms. The fourth-order valence-electron chi connectivity index (χ4n) is 2.23. The standard InChI is InChI=1S/C12H16N4O3S2/c1-6-5-14-12(20-6)9(8-3-4-8)16-21(17,18)10-7(2)19-15-11(10)13/h5,8-9,16H,3-4H2,1-2H3,(H2,13,15). The van der Waals surface area contributed by atoms with Crippen molar-refractivity contribution in [3.05, 3.63) is 21.8 Å². The largest absolute Gasteiger partial charge is 0.380 e. The second-order valence-electron chi connectivity index (χ2n) is 5.20. The van der Waals surface area contributed by atoms with Crippen LogP contribution < -0.4 is 10.5 Å². The Morgan fingerprint density at radius 2 is 2.19 bits per heavy atom. The van der Waals surface area contributed by atoms with Gasteiger partial charge in [0, 0.05) is 11.1 Å². The Balaban J connectivity index is 1.93. The average Bonchev–Trinajstić information content (AvgIpc) is 3.06. The molecule has 1 saturated carbocycles. The number of sulfonamides is 1. The molecule has 3 rings (SSSR count). The van der Waals surface area contributed by atoms with Crippen molar-refractivity contribution in [3.63, 3.8) is 0 Å². The number of nitrogens with zero attached hydrogens (tertiary/aromatic N) is 2. The Bertz CT molecular complexity index is 742. The molecule has 0 amide bonds. The van der Waals surface area contributed by atoms with Gasteiger partial charge in [-0.05, 0) is 32.6 Å². The zero-order chi connectivity index (χ0) is 15.2. The minimum atomic E-state index is -3.79. The minimum Gasteiger partial charge on any atom is -0.380 e. The summed E-state index contributed by atoms with van der Waals surface area (Å²) < 4.78 is 32.6. The molecule has 0 bridgehead atoms. The first-order valence-corrected chi connectivity index (χ1v) is 8.85. The first-order valence-electron chi connectivity index (χ1n) is 6.55. The first-order chi connectivity index (χ1) is 9.88. The van der Waals surface area contributed by atoms with Gasteiger partial charge >= 0.3 is 0 Å². The summed E-state index contributed by atoms with van der Waals surface area (Å²) in [7, 11) is -3.79. The molecular formula is C12H16N4O3S2. The Morgan fingerprint density at radius 3 is 2.67 bits per heavy atom. The van der Waals surface area contributed by atoms with Gasteiger partial charge in [-0.25, -0.2) is 18.1 Å². The second kappa shape index (κ2) is 5.08. The van der Waals surface area contributed by atoms with E-state index in [2.05, 4.69) is 14.9 Å². The van der Waals surface area contributed by atoms with Gasteiger partial charge < -0.3 is 10.3 Å². The number of aromatic nitrogens is 2. The highest BCUT2D eigenvalue weighted by molar-refractivity contribution is 7.89. The average molecular weight is 328 g/mol. The lowest BCUT2D eigenvalue weighted by Gasteiger charge is -2.15. The Kier molecular flexibility index (Phi) is 3.50. The minimum absolute atomic E-state index is 0.0820. The Morgan fingerprint density at radius 1 is 1.48 bits per heavy atom. The van der Waals surface area contributed by atoms with Crippen molar-refractivity contribution in [2.75, 3.05) is 5.73 Å². The maximum Gasteiger partial charge on any atom is 0.248 e. The van der Waals surface area contributed by atoms with Crippen LogP contribution in [0.4, 0.5) is 5.82 Å². The smallest absolute Gasteiger partial charge is 0.248 e. The molecule has 2 aromatic rings. The molecule has 0 saturated heterocycles. The summed E-state index contributed by atoms with van der Waals surface area (Å²) in [6.45, 7) is 3.47. The van der Waals surface area contributed by atoms with E-state index < -0.39 is 10.0 Å². The first kappa shape index (κ1) is 14.5. The molecule has 1 unspecified atom stereocenters. The van der Waals surface area contributed by atoms with Crippen LogP contribution in [0.5, 0.6) is 0 Å². The lowest BCUT2D eigenvalue weighted by molar-refractivity contribution is 0.396. The number of aryl methyl sites for hydroxylation is 2. The lowest BCUT2D eigenvalue weighted by atomic mass is 10.2. The third-order valence-corrected chi connectivity index (χ3v) is 5.98. The predicted molar refractivity (Wildman–Crippen MR) is 78.3 cm³/mol. The summed E-state index contributed by atoms with van der Waals surface area (Å²) >= 11 is 1.50. The monoisotopic (exact) mass is 328 g/mol. The second-order valence-corrected chi connectivity index (χ2v) is 8.12. The van der Waals surface area contributed by atoms with Crippen molar-refractivity contribution >= 4 is 27.2 Å². The summed E-state index contributed by atoms with van der Waals surface area (Å²) in [5.41, 5.74) is 5.60. The molecular weight excluding hydrogens is 312 g/mol. The quantitative estimate of drug-likeness (QED) is 0.865. The zero-order valence-electron chi connectivity index (χ0n) is 11.7.